The molecule has 0 bridgehead atoms. The van der Waals surface area contributed by atoms with Crippen LogP contribution < -0.4 is 0 Å². The van der Waals surface area contributed by atoms with Gasteiger partial charge in [0.05, 0.1) is 11.2 Å². The molecule has 106 valence electrons. The fourth-order valence-corrected chi connectivity index (χ4v) is 3.27. The Balaban J connectivity index is 2.47. The molecule has 0 aliphatic carbocycles. The van der Waals surface area contributed by atoms with Gasteiger partial charge in [-0.15, -0.1) is 0 Å². The lowest BCUT2D eigenvalue weighted by atomic mass is 9.87. The van der Waals surface area contributed by atoms with Crippen molar-refractivity contribution in [3.8, 4) is 0 Å². The summed E-state index contributed by atoms with van der Waals surface area (Å²) in [4.78, 5) is 0. The van der Waals surface area contributed by atoms with Crippen LogP contribution in [0, 0.1) is 11.6 Å². The summed E-state index contributed by atoms with van der Waals surface area (Å²) in [5, 5.41) is 10.2. The zero-order chi connectivity index (χ0) is 14.3. The van der Waals surface area contributed by atoms with Crippen LogP contribution in [0.3, 0.4) is 0 Å². The predicted molar refractivity (Wildman–Crippen MR) is 61.8 cm³/mol. The van der Waals surface area contributed by atoms with E-state index in [1.807, 2.05) is 0 Å². The fraction of sp³-hybridized carbons (Fsp3) is 0.500. The first-order chi connectivity index (χ1) is 8.76. The summed E-state index contributed by atoms with van der Waals surface area (Å²) in [6.45, 7) is 0. The highest BCUT2D eigenvalue weighted by atomic mass is 32.2. The predicted octanol–water partition coefficient (Wildman–Crippen LogP) is 3.70. The second kappa shape index (κ2) is 4.94. The average molecular weight is 298 g/mol. The molecule has 1 saturated heterocycles. The Morgan fingerprint density at radius 1 is 1.05 bits per heavy atom. The third-order valence-corrected chi connectivity index (χ3v) is 4.19. The van der Waals surface area contributed by atoms with E-state index in [0.717, 1.165) is 6.07 Å². The van der Waals surface area contributed by atoms with Gasteiger partial charge in [0.25, 0.3) is 0 Å². The van der Waals surface area contributed by atoms with Crippen molar-refractivity contribution in [1.82, 2.24) is 0 Å². The lowest BCUT2D eigenvalue weighted by Crippen LogP contribution is -2.32. The summed E-state index contributed by atoms with van der Waals surface area (Å²) in [6.07, 6.45) is -4.56. The molecule has 1 aliphatic heterocycles. The molecule has 19 heavy (non-hydrogen) atoms. The standard InChI is InChI=1S/C12H11F5OS/c13-9-7(11(18)3-5-19-6-4-11)1-2-8(10(9)14)12(15,16)17/h1-2,18H,3-6H2. The van der Waals surface area contributed by atoms with E-state index in [-0.39, 0.29) is 12.8 Å². The molecule has 0 unspecified atom stereocenters. The van der Waals surface area contributed by atoms with E-state index in [1.54, 1.807) is 11.8 Å². The Bertz CT molecular complexity index is 480. The number of alkyl halides is 3. The summed E-state index contributed by atoms with van der Waals surface area (Å²) < 4.78 is 64.5. The van der Waals surface area contributed by atoms with Crippen LogP contribution in [0.1, 0.15) is 24.0 Å². The first kappa shape index (κ1) is 14.6. The van der Waals surface area contributed by atoms with Crippen molar-refractivity contribution in [2.24, 2.45) is 0 Å². The SMILES string of the molecule is OC1(c2ccc(C(F)(F)F)c(F)c2F)CCSCC1. The molecule has 1 fully saturated rings. The zero-order valence-corrected chi connectivity index (χ0v) is 10.5. The Kier molecular flexibility index (Phi) is 3.79. The minimum atomic E-state index is -4.95. The Morgan fingerprint density at radius 2 is 1.63 bits per heavy atom. The number of hydrogen-bond acceptors (Lipinski definition) is 2. The number of thioether (sulfide) groups is 1. The van der Waals surface area contributed by atoms with E-state index in [1.165, 1.54) is 0 Å². The maximum absolute atomic E-state index is 13.8. The second-order valence-corrected chi connectivity index (χ2v) is 5.66. The number of aliphatic hydroxyl groups is 1. The smallest absolute Gasteiger partial charge is 0.385 e. The maximum atomic E-state index is 13.8. The second-order valence-electron chi connectivity index (χ2n) is 4.43. The highest BCUT2D eigenvalue weighted by Crippen LogP contribution is 2.40. The normalized spacial score (nSPS) is 19.5. The molecule has 0 aromatic heterocycles. The highest BCUT2D eigenvalue weighted by Gasteiger charge is 2.40. The van der Waals surface area contributed by atoms with Gasteiger partial charge in [0.1, 0.15) is 0 Å². The summed E-state index contributed by atoms with van der Waals surface area (Å²) in [6, 6.07) is 1.31. The molecule has 0 radical (unpaired) electrons. The minimum absolute atomic E-state index is 0.194. The van der Waals surface area contributed by atoms with Crippen LogP contribution in [0.4, 0.5) is 22.0 Å². The third kappa shape index (κ3) is 2.72. The molecule has 1 nitrogen and oxygen atoms in total. The summed E-state index contributed by atoms with van der Waals surface area (Å²) in [7, 11) is 0. The molecule has 0 saturated carbocycles. The van der Waals surface area contributed by atoms with Crippen molar-refractivity contribution >= 4 is 11.8 Å². The summed E-state index contributed by atoms with van der Waals surface area (Å²) >= 11 is 1.55. The van der Waals surface area contributed by atoms with Crippen molar-refractivity contribution in [1.29, 1.82) is 0 Å². The highest BCUT2D eigenvalue weighted by molar-refractivity contribution is 7.99. The summed E-state index contributed by atoms with van der Waals surface area (Å²) in [5.74, 6) is -2.45. The van der Waals surface area contributed by atoms with Crippen LogP contribution in [0.5, 0.6) is 0 Å². The van der Waals surface area contributed by atoms with Crippen LogP contribution in [-0.4, -0.2) is 16.6 Å². The maximum Gasteiger partial charge on any atom is 0.419 e. The molecule has 0 amide bonds. The van der Waals surface area contributed by atoms with Gasteiger partial charge in [-0.3, -0.25) is 0 Å². The molecular weight excluding hydrogens is 287 g/mol. The lowest BCUT2D eigenvalue weighted by Gasteiger charge is -2.32. The van der Waals surface area contributed by atoms with Crippen molar-refractivity contribution in [3.63, 3.8) is 0 Å². The zero-order valence-electron chi connectivity index (χ0n) is 9.73. The van der Waals surface area contributed by atoms with E-state index >= 15 is 0 Å². The van der Waals surface area contributed by atoms with Gasteiger partial charge in [-0.25, -0.2) is 8.78 Å². The first-order valence-corrected chi connectivity index (χ1v) is 6.77. The fourth-order valence-electron chi connectivity index (χ4n) is 2.11. The molecule has 1 aliphatic rings. The lowest BCUT2D eigenvalue weighted by molar-refractivity contribution is -0.140. The average Bonchev–Trinajstić information content (AvgIpc) is 2.31. The van der Waals surface area contributed by atoms with Gasteiger partial charge in [0.2, 0.25) is 0 Å². The minimum Gasteiger partial charge on any atom is -0.385 e. The van der Waals surface area contributed by atoms with E-state index in [4.69, 9.17) is 0 Å². The monoisotopic (exact) mass is 298 g/mol. The molecule has 1 aromatic rings. The Hall–Kier alpha value is -0.820. The van der Waals surface area contributed by atoms with E-state index in [0.29, 0.717) is 17.6 Å². The van der Waals surface area contributed by atoms with Gasteiger partial charge >= 0.3 is 6.18 Å². The summed E-state index contributed by atoms with van der Waals surface area (Å²) in [5.41, 5.74) is -3.62. The number of hydrogen-bond donors (Lipinski definition) is 1. The molecule has 1 heterocycles. The van der Waals surface area contributed by atoms with Crippen LogP contribution in [0.2, 0.25) is 0 Å². The van der Waals surface area contributed by atoms with Crippen molar-refractivity contribution in [2.75, 3.05) is 11.5 Å². The van der Waals surface area contributed by atoms with Crippen LogP contribution in [0.25, 0.3) is 0 Å². The number of benzene rings is 1. The van der Waals surface area contributed by atoms with E-state index in [2.05, 4.69) is 0 Å². The van der Waals surface area contributed by atoms with E-state index in [9.17, 15) is 27.1 Å². The van der Waals surface area contributed by atoms with E-state index < -0.39 is 34.5 Å². The van der Waals surface area contributed by atoms with Gasteiger partial charge in [-0.05, 0) is 30.4 Å². The van der Waals surface area contributed by atoms with Gasteiger partial charge < -0.3 is 5.11 Å². The van der Waals surface area contributed by atoms with Crippen LogP contribution >= 0.6 is 11.8 Å². The number of rotatable bonds is 1. The molecule has 1 aromatic carbocycles. The van der Waals surface area contributed by atoms with Crippen molar-refractivity contribution in [2.45, 2.75) is 24.6 Å². The third-order valence-electron chi connectivity index (χ3n) is 3.21. The Labute approximate surface area is 110 Å². The van der Waals surface area contributed by atoms with Gasteiger partial charge in [0.15, 0.2) is 11.6 Å². The molecule has 1 N–H and O–H groups in total. The Morgan fingerprint density at radius 3 is 2.16 bits per heavy atom. The van der Waals surface area contributed by atoms with Crippen LogP contribution in [0.15, 0.2) is 12.1 Å². The topological polar surface area (TPSA) is 20.2 Å². The van der Waals surface area contributed by atoms with Gasteiger partial charge in [0, 0.05) is 5.56 Å². The van der Waals surface area contributed by atoms with Crippen molar-refractivity contribution in [3.05, 3.63) is 34.9 Å². The molecular formula is C12H11F5OS. The van der Waals surface area contributed by atoms with Crippen LogP contribution in [-0.2, 0) is 11.8 Å². The van der Waals surface area contributed by atoms with Gasteiger partial charge in [-0.2, -0.15) is 24.9 Å². The quantitative estimate of drug-likeness (QED) is 0.798. The first-order valence-electron chi connectivity index (χ1n) is 5.61. The molecule has 0 spiro atoms. The largest absolute Gasteiger partial charge is 0.419 e. The number of halogens is 5. The van der Waals surface area contributed by atoms with Crippen molar-refractivity contribution < 1.29 is 27.1 Å². The van der Waals surface area contributed by atoms with Gasteiger partial charge in [-0.1, -0.05) is 6.07 Å². The molecule has 2 rings (SSSR count). The molecule has 0 atom stereocenters. The molecule has 7 heteroatoms.